The van der Waals surface area contributed by atoms with Gasteiger partial charge in [-0.25, -0.2) is 0 Å². The van der Waals surface area contributed by atoms with E-state index in [9.17, 15) is 18.0 Å². The van der Waals surface area contributed by atoms with Crippen molar-refractivity contribution in [2.24, 2.45) is 0 Å². The van der Waals surface area contributed by atoms with E-state index < -0.39 is 17.6 Å². The zero-order valence-corrected chi connectivity index (χ0v) is 14.4. The molecular formula is C19H14F3NO2S. The minimum absolute atomic E-state index is 0.0128. The van der Waals surface area contributed by atoms with Crippen molar-refractivity contribution in [1.29, 1.82) is 0 Å². The number of halogens is 3. The summed E-state index contributed by atoms with van der Waals surface area (Å²) in [5, 5.41) is 2.71. The normalized spacial score (nSPS) is 11.4. The third kappa shape index (κ3) is 3.77. The van der Waals surface area contributed by atoms with Gasteiger partial charge in [0.15, 0.2) is 5.76 Å². The van der Waals surface area contributed by atoms with Gasteiger partial charge in [-0.15, -0.1) is 11.8 Å². The topological polar surface area (TPSA) is 42.2 Å². The fraction of sp³-hybridized carbons (Fsp3) is 0.105. The summed E-state index contributed by atoms with van der Waals surface area (Å²) >= 11 is 1.47. The van der Waals surface area contributed by atoms with E-state index in [1.165, 1.54) is 42.1 Å². The Balaban J connectivity index is 1.88. The third-order valence-electron chi connectivity index (χ3n) is 3.68. The van der Waals surface area contributed by atoms with Crippen molar-refractivity contribution >= 4 is 23.4 Å². The van der Waals surface area contributed by atoms with Gasteiger partial charge in [-0.1, -0.05) is 30.3 Å². The first-order valence-corrected chi connectivity index (χ1v) is 8.83. The zero-order valence-electron chi connectivity index (χ0n) is 13.6. The molecule has 7 heteroatoms. The molecule has 0 saturated heterocycles. The fourth-order valence-electron chi connectivity index (χ4n) is 2.48. The average molecular weight is 377 g/mol. The maximum Gasteiger partial charge on any atom is 0.417 e. The maximum absolute atomic E-state index is 13.1. The molecule has 1 heterocycles. The van der Waals surface area contributed by atoms with Crippen LogP contribution in [0.3, 0.4) is 0 Å². The van der Waals surface area contributed by atoms with Crippen LogP contribution >= 0.6 is 11.8 Å². The second-order valence-electron chi connectivity index (χ2n) is 5.36. The molecule has 3 aromatic rings. The summed E-state index contributed by atoms with van der Waals surface area (Å²) in [7, 11) is 0. The van der Waals surface area contributed by atoms with Crippen LogP contribution in [0.4, 0.5) is 18.9 Å². The van der Waals surface area contributed by atoms with Gasteiger partial charge in [0.05, 0.1) is 11.3 Å². The Labute approximate surface area is 152 Å². The molecule has 3 rings (SSSR count). The Morgan fingerprint density at radius 1 is 1.00 bits per heavy atom. The van der Waals surface area contributed by atoms with Gasteiger partial charge in [0.2, 0.25) is 0 Å². The third-order valence-corrected chi connectivity index (χ3v) is 4.48. The number of furan rings is 1. The monoisotopic (exact) mass is 377 g/mol. The molecule has 0 bridgehead atoms. The van der Waals surface area contributed by atoms with Gasteiger partial charge in [-0.05, 0) is 36.6 Å². The summed E-state index contributed by atoms with van der Waals surface area (Å²) < 4.78 is 44.8. The van der Waals surface area contributed by atoms with E-state index in [0.29, 0.717) is 5.69 Å². The van der Waals surface area contributed by atoms with Gasteiger partial charge in [0.1, 0.15) is 5.76 Å². The first-order valence-electron chi connectivity index (χ1n) is 7.61. The van der Waals surface area contributed by atoms with Crippen molar-refractivity contribution in [2.75, 3.05) is 11.6 Å². The lowest BCUT2D eigenvalue weighted by Gasteiger charge is -2.10. The number of rotatable bonds is 4. The molecule has 26 heavy (non-hydrogen) atoms. The molecule has 0 spiro atoms. The van der Waals surface area contributed by atoms with Crippen molar-refractivity contribution in [3.63, 3.8) is 0 Å². The van der Waals surface area contributed by atoms with Gasteiger partial charge in [-0.3, -0.25) is 4.79 Å². The van der Waals surface area contributed by atoms with Crippen LogP contribution in [0.25, 0.3) is 11.3 Å². The van der Waals surface area contributed by atoms with Gasteiger partial charge in [-0.2, -0.15) is 13.2 Å². The van der Waals surface area contributed by atoms with Crippen molar-refractivity contribution in [3.05, 3.63) is 72.0 Å². The second kappa shape index (κ2) is 7.29. The number of amides is 1. The molecule has 0 atom stereocenters. The van der Waals surface area contributed by atoms with Gasteiger partial charge in [0, 0.05) is 10.5 Å². The lowest BCUT2D eigenvalue weighted by Crippen LogP contribution is -2.11. The predicted molar refractivity (Wildman–Crippen MR) is 95.3 cm³/mol. The number of hydrogen-bond acceptors (Lipinski definition) is 3. The van der Waals surface area contributed by atoms with E-state index in [1.54, 1.807) is 12.1 Å². The van der Waals surface area contributed by atoms with E-state index in [0.717, 1.165) is 11.0 Å². The highest BCUT2D eigenvalue weighted by Crippen LogP contribution is 2.37. The van der Waals surface area contributed by atoms with E-state index in [4.69, 9.17) is 4.42 Å². The first-order chi connectivity index (χ1) is 12.4. The molecular weight excluding hydrogens is 363 g/mol. The molecule has 2 aromatic carbocycles. The number of nitrogens with one attached hydrogen (secondary N) is 1. The molecule has 0 aliphatic carbocycles. The summed E-state index contributed by atoms with van der Waals surface area (Å²) in [5.74, 6) is -0.601. The largest absolute Gasteiger partial charge is 0.451 e. The highest BCUT2D eigenvalue weighted by molar-refractivity contribution is 7.98. The summed E-state index contributed by atoms with van der Waals surface area (Å²) in [5.41, 5.74) is -0.309. The van der Waals surface area contributed by atoms with E-state index in [1.807, 2.05) is 18.4 Å². The Morgan fingerprint density at radius 3 is 2.42 bits per heavy atom. The Hall–Kier alpha value is -2.67. The number of para-hydroxylation sites is 1. The number of hydrogen-bond donors (Lipinski definition) is 1. The van der Waals surface area contributed by atoms with Crippen LogP contribution in [0.2, 0.25) is 0 Å². The van der Waals surface area contributed by atoms with Crippen molar-refractivity contribution in [1.82, 2.24) is 0 Å². The molecule has 3 nitrogen and oxygen atoms in total. The van der Waals surface area contributed by atoms with Gasteiger partial charge in [0.25, 0.3) is 5.91 Å². The van der Waals surface area contributed by atoms with Crippen LogP contribution in [0.5, 0.6) is 0 Å². The molecule has 1 aromatic heterocycles. The molecule has 0 aliphatic rings. The van der Waals surface area contributed by atoms with Crippen molar-refractivity contribution in [3.8, 4) is 11.3 Å². The first kappa shape index (κ1) is 18.1. The fourth-order valence-corrected chi connectivity index (χ4v) is 3.04. The van der Waals surface area contributed by atoms with Gasteiger partial charge < -0.3 is 9.73 Å². The highest BCUT2D eigenvalue weighted by Gasteiger charge is 2.34. The standard InChI is InChI=1S/C19H14F3NO2S/c1-26-17-9-5-4-8-14(17)23-18(24)16-11-10-15(25-16)12-6-2-3-7-13(12)19(20,21)22/h2-11H,1H3,(H,23,24). The summed E-state index contributed by atoms with van der Waals surface area (Å²) in [6.07, 6.45) is -2.63. The highest BCUT2D eigenvalue weighted by atomic mass is 32.2. The minimum atomic E-state index is -4.51. The van der Waals surface area contributed by atoms with E-state index in [2.05, 4.69) is 5.32 Å². The lowest BCUT2D eigenvalue weighted by molar-refractivity contribution is -0.137. The van der Waals surface area contributed by atoms with E-state index in [-0.39, 0.29) is 17.1 Å². The number of carbonyl (C=O) groups excluding carboxylic acids is 1. The average Bonchev–Trinajstić information content (AvgIpc) is 3.11. The van der Waals surface area contributed by atoms with Crippen LogP contribution in [0, 0.1) is 0 Å². The molecule has 0 radical (unpaired) electrons. The summed E-state index contributed by atoms with van der Waals surface area (Å²) in [6.45, 7) is 0. The Bertz CT molecular complexity index is 934. The second-order valence-corrected chi connectivity index (χ2v) is 6.21. The van der Waals surface area contributed by atoms with Crippen LogP contribution in [0.1, 0.15) is 16.1 Å². The maximum atomic E-state index is 13.1. The van der Waals surface area contributed by atoms with Crippen LogP contribution in [-0.4, -0.2) is 12.2 Å². The SMILES string of the molecule is CSc1ccccc1NC(=O)c1ccc(-c2ccccc2C(F)(F)F)o1. The quantitative estimate of drug-likeness (QED) is 0.572. The molecule has 0 saturated carbocycles. The summed E-state index contributed by atoms with van der Waals surface area (Å²) in [6, 6.07) is 15.0. The van der Waals surface area contributed by atoms with Crippen LogP contribution in [-0.2, 0) is 6.18 Å². The number of carbonyl (C=O) groups is 1. The van der Waals surface area contributed by atoms with Crippen molar-refractivity contribution < 1.29 is 22.4 Å². The zero-order chi connectivity index (χ0) is 18.7. The lowest BCUT2D eigenvalue weighted by atomic mass is 10.1. The van der Waals surface area contributed by atoms with Crippen LogP contribution < -0.4 is 5.32 Å². The molecule has 1 N–H and O–H groups in total. The predicted octanol–water partition coefficient (Wildman–Crippen LogP) is 5.94. The molecule has 134 valence electrons. The van der Waals surface area contributed by atoms with Crippen molar-refractivity contribution in [2.45, 2.75) is 11.1 Å². The molecule has 0 unspecified atom stereocenters. The smallest absolute Gasteiger partial charge is 0.417 e. The Morgan fingerprint density at radius 2 is 1.69 bits per heavy atom. The molecule has 1 amide bonds. The minimum Gasteiger partial charge on any atom is -0.451 e. The summed E-state index contributed by atoms with van der Waals surface area (Å²) in [4.78, 5) is 13.2. The number of anilines is 1. The molecule has 0 fully saturated rings. The number of thioether (sulfide) groups is 1. The van der Waals surface area contributed by atoms with Gasteiger partial charge >= 0.3 is 6.18 Å². The molecule has 0 aliphatic heterocycles. The Kier molecular flexibility index (Phi) is 5.08. The van der Waals surface area contributed by atoms with Crippen LogP contribution in [0.15, 0.2) is 70.0 Å². The van der Waals surface area contributed by atoms with E-state index >= 15 is 0 Å². The number of alkyl halides is 3. The number of benzene rings is 2.